The lowest BCUT2D eigenvalue weighted by atomic mass is 9.94. The Labute approximate surface area is 122 Å². The number of hydrogen-bond acceptors (Lipinski definition) is 4. The normalized spacial score (nSPS) is 25.3. The van der Waals surface area contributed by atoms with Crippen molar-refractivity contribution >= 4 is 17.7 Å². The number of imide groups is 1. The van der Waals surface area contributed by atoms with Crippen LogP contribution in [-0.4, -0.2) is 41.2 Å². The molecule has 2 atom stereocenters. The number of amides is 3. The lowest BCUT2D eigenvalue weighted by molar-refractivity contribution is -0.150. The van der Waals surface area contributed by atoms with Crippen LogP contribution in [0.4, 0.5) is 0 Å². The molecule has 0 bridgehead atoms. The molecule has 1 aromatic carbocycles. The number of hydrogen-bond donors (Lipinski definition) is 2. The van der Waals surface area contributed by atoms with Crippen molar-refractivity contribution in [2.45, 2.75) is 32.0 Å². The SMILES string of the molecule is CC1C(=O)NC(=O)CN1C(=O)[C@@H]1Cc2ccccc2CN1. The first-order chi connectivity index (χ1) is 10.1. The van der Waals surface area contributed by atoms with Gasteiger partial charge in [-0.25, -0.2) is 0 Å². The van der Waals surface area contributed by atoms with E-state index in [9.17, 15) is 14.4 Å². The standard InChI is InChI=1S/C15H17N3O3/c1-9-14(20)17-13(19)8-18(9)15(21)12-6-10-4-2-3-5-11(10)7-16-12/h2-5,9,12,16H,6-8H2,1H3,(H,17,19,20)/t9?,12-/m0/s1. The van der Waals surface area contributed by atoms with Crippen LogP contribution in [0, 0.1) is 0 Å². The van der Waals surface area contributed by atoms with E-state index in [-0.39, 0.29) is 18.5 Å². The summed E-state index contributed by atoms with van der Waals surface area (Å²) in [5.41, 5.74) is 2.32. The van der Waals surface area contributed by atoms with Gasteiger partial charge in [0.2, 0.25) is 17.7 Å². The highest BCUT2D eigenvalue weighted by Gasteiger charge is 2.37. The van der Waals surface area contributed by atoms with E-state index in [0.717, 1.165) is 5.56 Å². The van der Waals surface area contributed by atoms with Gasteiger partial charge in [-0.05, 0) is 24.5 Å². The first-order valence-electron chi connectivity index (χ1n) is 7.00. The number of nitrogens with zero attached hydrogens (tertiary/aromatic N) is 1. The second-order valence-corrected chi connectivity index (χ2v) is 5.46. The molecule has 6 nitrogen and oxygen atoms in total. The molecule has 6 heteroatoms. The van der Waals surface area contributed by atoms with Gasteiger partial charge in [0, 0.05) is 6.54 Å². The second kappa shape index (κ2) is 5.29. The fraction of sp³-hybridized carbons (Fsp3) is 0.400. The molecule has 2 aliphatic heterocycles. The van der Waals surface area contributed by atoms with Crippen molar-refractivity contribution in [3.8, 4) is 0 Å². The molecule has 21 heavy (non-hydrogen) atoms. The van der Waals surface area contributed by atoms with Gasteiger partial charge >= 0.3 is 0 Å². The smallest absolute Gasteiger partial charge is 0.249 e. The Morgan fingerprint density at radius 2 is 1.95 bits per heavy atom. The van der Waals surface area contributed by atoms with Crippen molar-refractivity contribution in [2.24, 2.45) is 0 Å². The summed E-state index contributed by atoms with van der Waals surface area (Å²) < 4.78 is 0. The van der Waals surface area contributed by atoms with Crippen LogP contribution in [0.2, 0.25) is 0 Å². The zero-order valence-electron chi connectivity index (χ0n) is 11.8. The van der Waals surface area contributed by atoms with Gasteiger partial charge in [0.15, 0.2) is 0 Å². The molecule has 0 aliphatic carbocycles. The summed E-state index contributed by atoms with van der Waals surface area (Å²) in [7, 11) is 0. The van der Waals surface area contributed by atoms with Gasteiger partial charge < -0.3 is 10.2 Å². The zero-order chi connectivity index (χ0) is 15.0. The van der Waals surface area contributed by atoms with Crippen LogP contribution in [0.25, 0.3) is 0 Å². The van der Waals surface area contributed by atoms with E-state index >= 15 is 0 Å². The van der Waals surface area contributed by atoms with Crippen molar-refractivity contribution in [2.75, 3.05) is 6.54 Å². The van der Waals surface area contributed by atoms with Gasteiger partial charge in [0.25, 0.3) is 0 Å². The number of rotatable bonds is 1. The lowest BCUT2D eigenvalue weighted by Gasteiger charge is -2.36. The summed E-state index contributed by atoms with van der Waals surface area (Å²) in [5, 5.41) is 5.43. The predicted octanol–water partition coefficient (Wildman–Crippen LogP) is -0.426. The third kappa shape index (κ3) is 2.54. The van der Waals surface area contributed by atoms with Crippen LogP contribution < -0.4 is 10.6 Å². The Balaban J connectivity index is 1.77. The molecule has 0 saturated carbocycles. The topological polar surface area (TPSA) is 78.5 Å². The summed E-state index contributed by atoms with van der Waals surface area (Å²) in [6.45, 7) is 2.19. The number of nitrogens with one attached hydrogen (secondary N) is 2. The molecule has 3 rings (SSSR count). The van der Waals surface area contributed by atoms with Crippen LogP contribution in [0.3, 0.4) is 0 Å². The van der Waals surface area contributed by atoms with Crippen LogP contribution in [0.5, 0.6) is 0 Å². The van der Waals surface area contributed by atoms with Crippen molar-refractivity contribution in [3.63, 3.8) is 0 Å². The zero-order valence-corrected chi connectivity index (χ0v) is 11.8. The van der Waals surface area contributed by atoms with E-state index in [1.165, 1.54) is 10.5 Å². The highest BCUT2D eigenvalue weighted by atomic mass is 16.2. The highest BCUT2D eigenvalue weighted by molar-refractivity contribution is 6.04. The third-order valence-corrected chi connectivity index (χ3v) is 4.09. The molecule has 2 aliphatic rings. The van der Waals surface area contributed by atoms with Gasteiger partial charge in [-0.15, -0.1) is 0 Å². The van der Waals surface area contributed by atoms with Gasteiger partial charge in [-0.2, -0.15) is 0 Å². The molecule has 3 amide bonds. The Morgan fingerprint density at radius 3 is 2.71 bits per heavy atom. The molecule has 2 heterocycles. The third-order valence-electron chi connectivity index (χ3n) is 4.09. The summed E-state index contributed by atoms with van der Waals surface area (Å²) in [6.07, 6.45) is 0.577. The fourth-order valence-corrected chi connectivity index (χ4v) is 2.81. The highest BCUT2D eigenvalue weighted by Crippen LogP contribution is 2.18. The summed E-state index contributed by atoms with van der Waals surface area (Å²) in [6, 6.07) is 6.96. The fourth-order valence-electron chi connectivity index (χ4n) is 2.81. The van der Waals surface area contributed by atoms with Crippen LogP contribution in [0.15, 0.2) is 24.3 Å². The maximum atomic E-state index is 12.6. The van der Waals surface area contributed by atoms with E-state index in [4.69, 9.17) is 0 Å². The molecular weight excluding hydrogens is 270 g/mol. The predicted molar refractivity (Wildman–Crippen MR) is 75.1 cm³/mol. The van der Waals surface area contributed by atoms with E-state index in [1.807, 2.05) is 24.3 Å². The molecule has 1 fully saturated rings. The first kappa shape index (κ1) is 13.8. The summed E-state index contributed by atoms with van der Waals surface area (Å²) in [4.78, 5) is 37.1. The van der Waals surface area contributed by atoms with Crippen molar-refractivity contribution in [1.82, 2.24) is 15.5 Å². The van der Waals surface area contributed by atoms with Gasteiger partial charge in [-0.3, -0.25) is 19.7 Å². The van der Waals surface area contributed by atoms with E-state index in [2.05, 4.69) is 10.6 Å². The molecule has 1 saturated heterocycles. The molecule has 110 valence electrons. The van der Waals surface area contributed by atoms with Gasteiger partial charge in [0.05, 0.1) is 6.04 Å². The average Bonchev–Trinajstić information content (AvgIpc) is 2.49. The monoisotopic (exact) mass is 287 g/mol. The largest absolute Gasteiger partial charge is 0.320 e. The minimum Gasteiger partial charge on any atom is -0.320 e. The first-order valence-corrected chi connectivity index (χ1v) is 7.00. The lowest BCUT2D eigenvalue weighted by Crippen LogP contribution is -2.62. The Kier molecular flexibility index (Phi) is 3.47. The Hall–Kier alpha value is -2.21. The number of carbonyl (C=O) groups excluding carboxylic acids is 3. The van der Waals surface area contributed by atoms with Crippen LogP contribution in [0.1, 0.15) is 18.1 Å². The number of fused-ring (bicyclic) bond motifs is 1. The van der Waals surface area contributed by atoms with E-state index < -0.39 is 17.9 Å². The van der Waals surface area contributed by atoms with Crippen LogP contribution in [-0.2, 0) is 27.3 Å². The Bertz CT molecular complexity index is 614. The number of piperazine rings is 1. The van der Waals surface area contributed by atoms with Gasteiger partial charge in [0.1, 0.15) is 12.6 Å². The molecule has 0 aromatic heterocycles. The molecule has 0 spiro atoms. The number of carbonyl (C=O) groups is 3. The minimum atomic E-state index is -0.617. The summed E-state index contributed by atoms with van der Waals surface area (Å²) in [5.74, 6) is -1.04. The molecule has 0 radical (unpaired) electrons. The van der Waals surface area contributed by atoms with Crippen molar-refractivity contribution < 1.29 is 14.4 Å². The summed E-state index contributed by atoms with van der Waals surface area (Å²) >= 11 is 0. The quantitative estimate of drug-likeness (QED) is 0.687. The average molecular weight is 287 g/mol. The minimum absolute atomic E-state index is 0.0639. The maximum absolute atomic E-state index is 12.6. The van der Waals surface area contributed by atoms with Crippen molar-refractivity contribution in [1.29, 1.82) is 0 Å². The molecule has 2 N–H and O–H groups in total. The van der Waals surface area contributed by atoms with E-state index in [1.54, 1.807) is 6.92 Å². The van der Waals surface area contributed by atoms with Crippen molar-refractivity contribution in [3.05, 3.63) is 35.4 Å². The maximum Gasteiger partial charge on any atom is 0.249 e. The second-order valence-electron chi connectivity index (χ2n) is 5.46. The Morgan fingerprint density at radius 1 is 1.24 bits per heavy atom. The van der Waals surface area contributed by atoms with E-state index in [0.29, 0.717) is 13.0 Å². The van der Waals surface area contributed by atoms with Gasteiger partial charge in [-0.1, -0.05) is 24.3 Å². The molecule has 1 aromatic rings. The molecule has 1 unspecified atom stereocenters. The van der Waals surface area contributed by atoms with Crippen LogP contribution >= 0.6 is 0 Å². The number of benzene rings is 1. The molecular formula is C15H17N3O3.